The third-order valence-electron chi connectivity index (χ3n) is 5.43. The number of amides is 1. The van der Waals surface area contributed by atoms with E-state index in [-0.39, 0.29) is 12.1 Å². The molecule has 152 valence electrons. The molecule has 0 radical (unpaired) electrons. The Bertz CT molecular complexity index is 707. The Morgan fingerprint density at radius 1 is 1.25 bits per heavy atom. The molecule has 1 saturated carbocycles. The van der Waals surface area contributed by atoms with E-state index in [9.17, 15) is 9.59 Å². The van der Waals surface area contributed by atoms with Crippen molar-refractivity contribution in [1.29, 1.82) is 0 Å². The third-order valence-corrected chi connectivity index (χ3v) is 5.43. The van der Waals surface area contributed by atoms with E-state index in [0.29, 0.717) is 32.6 Å². The summed E-state index contributed by atoms with van der Waals surface area (Å²) >= 11 is 0. The maximum atomic E-state index is 13.0. The number of nitrogens with one attached hydrogen (secondary N) is 2. The smallest absolute Gasteiger partial charge is 0.326 e. The zero-order valence-electron chi connectivity index (χ0n) is 16.0. The second-order valence-electron chi connectivity index (χ2n) is 7.41. The first kappa shape index (κ1) is 20.5. The molecular formula is C21H28N2O5. The monoisotopic (exact) mass is 388 g/mol. The lowest BCUT2D eigenvalue weighted by Gasteiger charge is -2.36. The summed E-state index contributed by atoms with van der Waals surface area (Å²) < 4.78 is 11.3. The molecule has 0 unspecified atom stereocenters. The molecule has 1 saturated heterocycles. The van der Waals surface area contributed by atoms with Crippen LogP contribution in [0.15, 0.2) is 30.3 Å². The van der Waals surface area contributed by atoms with E-state index in [0.717, 1.165) is 36.8 Å². The SMILES string of the molecule is O=C(/C=C/c1cccc(CNC2(C(=O)OC3CCCC3)CCOCC2)c1)NO. The molecule has 0 spiro atoms. The molecule has 0 bridgehead atoms. The fraction of sp³-hybridized carbons (Fsp3) is 0.524. The number of carbonyl (C=O) groups is 2. The summed E-state index contributed by atoms with van der Waals surface area (Å²) in [6.07, 6.45) is 8.25. The highest BCUT2D eigenvalue weighted by atomic mass is 16.5. The quantitative estimate of drug-likeness (QED) is 0.287. The number of hydrogen-bond donors (Lipinski definition) is 3. The standard InChI is InChI=1S/C21H28N2O5/c24-19(23-26)9-8-16-4-3-5-17(14-16)15-22-21(10-12-27-13-11-21)20(25)28-18-6-1-2-7-18/h3-5,8-9,14,18,22,26H,1-2,6-7,10-13,15H2,(H,23,24)/b9-8+. The van der Waals surface area contributed by atoms with Crippen molar-refractivity contribution in [1.82, 2.24) is 10.8 Å². The normalized spacial score (nSPS) is 19.6. The van der Waals surface area contributed by atoms with Crippen LogP contribution in [0.3, 0.4) is 0 Å². The van der Waals surface area contributed by atoms with Crippen molar-refractivity contribution in [3.8, 4) is 0 Å². The summed E-state index contributed by atoms with van der Waals surface area (Å²) in [5.41, 5.74) is 2.67. The van der Waals surface area contributed by atoms with Crippen molar-refractivity contribution in [2.45, 2.75) is 56.7 Å². The van der Waals surface area contributed by atoms with E-state index in [2.05, 4.69) is 5.32 Å². The molecule has 1 aliphatic heterocycles. The van der Waals surface area contributed by atoms with Crippen LogP contribution in [0, 0.1) is 0 Å². The van der Waals surface area contributed by atoms with Gasteiger partial charge in [0.15, 0.2) is 0 Å². The van der Waals surface area contributed by atoms with Crippen LogP contribution in [0.25, 0.3) is 6.08 Å². The molecule has 1 heterocycles. The molecule has 3 N–H and O–H groups in total. The topological polar surface area (TPSA) is 96.9 Å². The minimum absolute atomic E-state index is 0.0418. The molecule has 1 aromatic rings. The molecule has 1 aliphatic carbocycles. The molecule has 0 atom stereocenters. The molecule has 2 fully saturated rings. The molecule has 28 heavy (non-hydrogen) atoms. The van der Waals surface area contributed by atoms with Crippen LogP contribution in [0.1, 0.15) is 49.7 Å². The van der Waals surface area contributed by atoms with Gasteiger partial charge in [-0.2, -0.15) is 0 Å². The molecule has 7 nitrogen and oxygen atoms in total. The largest absolute Gasteiger partial charge is 0.461 e. The second-order valence-corrected chi connectivity index (χ2v) is 7.41. The molecule has 3 rings (SSSR count). The average molecular weight is 388 g/mol. The van der Waals surface area contributed by atoms with Crippen molar-refractivity contribution in [2.75, 3.05) is 13.2 Å². The Morgan fingerprint density at radius 3 is 2.71 bits per heavy atom. The van der Waals surface area contributed by atoms with Gasteiger partial charge in [0.25, 0.3) is 5.91 Å². The Kier molecular flexibility index (Phi) is 7.19. The van der Waals surface area contributed by atoms with Crippen LogP contribution in [-0.4, -0.2) is 41.9 Å². The van der Waals surface area contributed by atoms with Crippen molar-refractivity contribution >= 4 is 18.0 Å². The van der Waals surface area contributed by atoms with Gasteiger partial charge >= 0.3 is 5.97 Å². The Morgan fingerprint density at radius 2 is 2.00 bits per heavy atom. The van der Waals surface area contributed by atoms with Gasteiger partial charge in [-0.15, -0.1) is 0 Å². The van der Waals surface area contributed by atoms with Gasteiger partial charge in [0.2, 0.25) is 0 Å². The Hall–Kier alpha value is -2.22. The van der Waals surface area contributed by atoms with Gasteiger partial charge in [0, 0.05) is 25.8 Å². The van der Waals surface area contributed by atoms with Crippen molar-refractivity contribution in [3.05, 3.63) is 41.5 Å². The first-order chi connectivity index (χ1) is 13.6. The fourth-order valence-corrected chi connectivity index (χ4v) is 3.73. The molecule has 0 aromatic heterocycles. The van der Waals surface area contributed by atoms with Crippen LogP contribution >= 0.6 is 0 Å². The number of rotatable bonds is 7. The Balaban J connectivity index is 1.65. The second kappa shape index (κ2) is 9.82. The van der Waals surface area contributed by atoms with Gasteiger partial charge in [0.1, 0.15) is 11.6 Å². The molecule has 1 aromatic carbocycles. The molecule has 1 amide bonds. The third kappa shape index (κ3) is 5.41. The molecular weight excluding hydrogens is 360 g/mol. The van der Waals surface area contributed by atoms with E-state index in [1.165, 1.54) is 6.08 Å². The number of hydrogen-bond acceptors (Lipinski definition) is 6. The lowest BCUT2D eigenvalue weighted by atomic mass is 9.89. The van der Waals surface area contributed by atoms with E-state index in [4.69, 9.17) is 14.7 Å². The predicted octanol–water partition coefficient (Wildman–Crippen LogP) is 2.33. The summed E-state index contributed by atoms with van der Waals surface area (Å²) in [4.78, 5) is 24.1. The summed E-state index contributed by atoms with van der Waals surface area (Å²) in [7, 11) is 0. The zero-order chi connectivity index (χ0) is 19.8. The van der Waals surface area contributed by atoms with E-state index in [1.54, 1.807) is 11.6 Å². The van der Waals surface area contributed by atoms with Gasteiger partial charge in [-0.3, -0.25) is 20.1 Å². The first-order valence-electron chi connectivity index (χ1n) is 9.86. The lowest BCUT2D eigenvalue weighted by molar-refractivity contribution is -0.161. The maximum Gasteiger partial charge on any atom is 0.326 e. The van der Waals surface area contributed by atoms with Crippen LogP contribution in [0.4, 0.5) is 0 Å². The van der Waals surface area contributed by atoms with Gasteiger partial charge in [0.05, 0.1) is 0 Å². The van der Waals surface area contributed by atoms with E-state index >= 15 is 0 Å². The molecule has 7 heteroatoms. The van der Waals surface area contributed by atoms with Crippen molar-refractivity contribution in [2.24, 2.45) is 0 Å². The minimum Gasteiger partial charge on any atom is -0.461 e. The summed E-state index contributed by atoms with van der Waals surface area (Å²) in [6, 6.07) is 7.65. The highest BCUT2D eigenvalue weighted by molar-refractivity contribution is 5.90. The predicted molar refractivity (Wildman–Crippen MR) is 103 cm³/mol. The number of ether oxygens (including phenoxy) is 2. The number of carbonyl (C=O) groups excluding carboxylic acids is 2. The van der Waals surface area contributed by atoms with E-state index in [1.807, 2.05) is 24.3 Å². The minimum atomic E-state index is -0.719. The number of esters is 1. The summed E-state index contributed by atoms with van der Waals surface area (Å²) in [5, 5.41) is 12.0. The Labute approximate surface area is 165 Å². The summed E-state index contributed by atoms with van der Waals surface area (Å²) in [6.45, 7) is 1.57. The fourth-order valence-electron chi connectivity index (χ4n) is 3.73. The van der Waals surface area contributed by atoms with Gasteiger partial charge < -0.3 is 9.47 Å². The van der Waals surface area contributed by atoms with Gasteiger partial charge in [-0.05, 0) is 55.7 Å². The van der Waals surface area contributed by atoms with Crippen LogP contribution < -0.4 is 10.8 Å². The van der Waals surface area contributed by atoms with Crippen molar-refractivity contribution < 1.29 is 24.3 Å². The highest BCUT2D eigenvalue weighted by Crippen LogP contribution is 2.27. The van der Waals surface area contributed by atoms with Gasteiger partial charge in [-0.25, -0.2) is 5.48 Å². The number of hydroxylamine groups is 1. The van der Waals surface area contributed by atoms with Crippen LogP contribution in [0.5, 0.6) is 0 Å². The van der Waals surface area contributed by atoms with Crippen LogP contribution in [-0.2, 0) is 25.6 Å². The zero-order valence-corrected chi connectivity index (χ0v) is 16.0. The molecule has 2 aliphatic rings. The first-order valence-corrected chi connectivity index (χ1v) is 9.86. The van der Waals surface area contributed by atoms with Crippen LogP contribution in [0.2, 0.25) is 0 Å². The highest BCUT2D eigenvalue weighted by Gasteiger charge is 2.42. The van der Waals surface area contributed by atoms with E-state index < -0.39 is 11.4 Å². The van der Waals surface area contributed by atoms with Gasteiger partial charge in [-0.1, -0.05) is 24.3 Å². The van der Waals surface area contributed by atoms with Crippen molar-refractivity contribution in [3.63, 3.8) is 0 Å². The summed E-state index contributed by atoms with van der Waals surface area (Å²) in [5.74, 6) is -0.752. The average Bonchev–Trinajstić information content (AvgIpc) is 3.24. The number of benzene rings is 1. The lowest BCUT2D eigenvalue weighted by Crippen LogP contribution is -2.56. The maximum absolute atomic E-state index is 13.0.